The highest BCUT2D eigenvalue weighted by molar-refractivity contribution is 7.96. The molecule has 1 aliphatic rings. The zero-order chi connectivity index (χ0) is 14.4. The maximum absolute atomic E-state index is 11.3. The lowest BCUT2D eigenvalue weighted by Crippen LogP contribution is -2.44. The standard InChI is InChI=1S/C16H23NO2S/c1-3-14(18)7-4-12-5-8-15(9-6-12)19-16-10-13(11-16)17-20-2/h5-6,8-9,13,16-17H,3-4,7,10-11H2,1-2H3. The van der Waals surface area contributed by atoms with E-state index in [1.165, 1.54) is 5.56 Å². The van der Waals surface area contributed by atoms with Gasteiger partial charge in [-0.25, -0.2) is 0 Å². The fourth-order valence-electron chi connectivity index (χ4n) is 2.31. The van der Waals surface area contributed by atoms with Gasteiger partial charge in [-0.05, 0) is 30.4 Å². The molecule has 0 radical (unpaired) electrons. The van der Waals surface area contributed by atoms with Crippen LogP contribution in [0.15, 0.2) is 24.3 Å². The van der Waals surface area contributed by atoms with E-state index in [4.69, 9.17) is 4.74 Å². The summed E-state index contributed by atoms with van der Waals surface area (Å²) in [5.74, 6) is 1.26. The number of ether oxygens (including phenoxy) is 1. The first-order valence-electron chi connectivity index (χ1n) is 7.27. The van der Waals surface area contributed by atoms with Gasteiger partial charge in [0.2, 0.25) is 0 Å². The molecule has 0 heterocycles. The van der Waals surface area contributed by atoms with Crippen molar-refractivity contribution < 1.29 is 9.53 Å². The molecule has 0 atom stereocenters. The van der Waals surface area contributed by atoms with Gasteiger partial charge >= 0.3 is 0 Å². The summed E-state index contributed by atoms with van der Waals surface area (Å²) in [6, 6.07) is 8.75. The van der Waals surface area contributed by atoms with E-state index >= 15 is 0 Å². The Hall–Kier alpha value is -1.00. The van der Waals surface area contributed by atoms with E-state index in [0.717, 1.165) is 25.0 Å². The van der Waals surface area contributed by atoms with Gasteiger partial charge in [-0.2, -0.15) is 0 Å². The molecule has 0 spiro atoms. The minimum atomic E-state index is 0.326. The molecule has 0 unspecified atom stereocenters. The van der Waals surface area contributed by atoms with E-state index < -0.39 is 0 Å². The molecule has 1 fully saturated rings. The van der Waals surface area contributed by atoms with Gasteiger partial charge in [-0.3, -0.25) is 9.52 Å². The van der Waals surface area contributed by atoms with Crippen molar-refractivity contribution in [1.29, 1.82) is 0 Å². The van der Waals surface area contributed by atoms with Crippen molar-refractivity contribution in [3.63, 3.8) is 0 Å². The third kappa shape index (κ3) is 4.53. The van der Waals surface area contributed by atoms with Gasteiger partial charge in [0.05, 0.1) is 0 Å². The Balaban J connectivity index is 1.73. The van der Waals surface area contributed by atoms with Crippen LogP contribution in [0.1, 0.15) is 38.2 Å². The summed E-state index contributed by atoms with van der Waals surface area (Å²) in [5.41, 5.74) is 1.20. The Bertz CT molecular complexity index is 427. The molecule has 0 aliphatic heterocycles. The zero-order valence-electron chi connectivity index (χ0n) is 12.2. The van der Waals surface area contributed by atoms with E-state index in [9.17, 15) is 4.79 Å². The van der Waals surface area contributed by atoms with Crippen LogP contribution in [0, 0.1) is 0 Å². The molecule has 4 heteroatoms. The fourth-order valence-corrected chi connectivity index (χ4v) is 2.84. The summed E-state index contributed by atoms with van der Waals surface area (Å²) in [7, 11) is 0. The molecule has 1 aliphatic carbocycles. The van der Waals surface area contributed by atoms with E-state index in [0.29, 0.717) is 30.8 Å². The van der Waals surface area contributed by atoms with Crippen LogP contribution >= 0.6 is 11.9 Å². The molecule has 2 rings (SSSR count). The first-order valence-corrected chi connectivity index (χ1v) is 8.49. The molecule has 0 amide bonds. The van der Waals surface area contributed by atoms with Crippen LogP contribution in [0.5, 0.6) is 5.75 Å². The van der Waals surface area contributed by atoms with Gasteiger partial charge in [0.15, 0.2) is 0 Å². The van der Waals surface area contributed by atoms with Crippen molar-refractivity contribution in [1.82, 2.24) is 4.72 Å². The van der Waals surface area contributed by atoms with Crippen LogP contribution in [-0.4, -0.2) is 24.2 Å². The van der Waals surface area contributed by atoms with E-state index in [1.54, 1.807) is 11.9 Å². The third-order valence-electron chi connectivity index (χ3n) is 3.69. The molecule has 1 saturated carbocycles. The first-order chi connectivity index (χ1) is 9.71. The van der Waals surface area contributed by atoms with Crippen molar-refractivity contribution in [3.8, 4) is 5.75 Å². The predicted molar refractivity (Wildman–Crippen MR) is 84.1 cm³/mol. The second kappa shape index (κ2) is 7.70. The molecular weight excluding hydrogens is 270 g/mol. The van der Waals surface area contributed by atoms with Crippen molar-refractivity contribution in [2.45, 2.75) is 51.2 Å². The molecule has 20 heavy (non-hydrogen) atoms. The fraction of sp³-hybridized carbons (Fsp3) is 0.562. The van der Waals surface area contributed by atoms with Crippen LogP contribution in [0.3, 0.4) is 0 Å². The first kappa shape index (κ1) is 15.4. The summed E-state index contributed by atoms with van der Waals surface area (Å²) in [4.78, 5) is 11.3. The van der Waals surface area contributed by atoms with Gasteiger partial charge in [0.1, 0.15) is 17.6 Å². The summed E-state index contributed by atoms with van der Waals surface area (Å²) in [6.07, 6.45) is 6.65. The van der Waals surface area contributed by atoms with Gasteiger partial charge in [-0.1, -0.05) is 31.0 Å². The second-order valence-electron chi connectivity index (χ2n) is 5.27. The van der Waals surface area contributed by atoms with Crippen LogP contribution in [0.4, 0.5) is 0 Å². The Morgan fingerprint density at radius 2 is 2.05 bits per heavy atom. The van der Waals surface area contributed by atoms with Crippen molar-refractivity contribution >= 4 is 17.7 Å². The maximum Gasteiger partial charge on any atom is 0.132 e. The number of aryl methyl sites for hydroxylation is 1. The molecule has 1 aromatic carbocycles. The number of carbonyl (C=O) groups is 1. The van der Waals surface area contributed by atoms with Crippen LogP contribution in [-0.2, 0) is 11.2 Å². The Morgan fingerprint density at radius 1 is 1.35 bits per heavy atom. The lowest BCUT2D eigenvalue weighted by molar-refractivity contribution is -0.118. The summed E-state index contributed by atoms with van der Waals surface area (Å²) in [6.45, 7) is 1.91. The van der Waals surface area contributed by atoms with Gasteiger partial charge in [-0.15, -0.1) is 0 Å². The Morgan fingerprint density at radius 3 is 2.65 bits per heavy atom. The Kier molecular flexibility index (Phi) is 5.92. The molecule has 1 aromatic rings. The average Bonchev–Trinajstić information content (AvgIpc) is 2.44. The number of hydrogen-bond donors (Lipinski definition) is 1. The van der Waals surface area contributed by atoms with Gasteiger partial charge in [0.25, 0.3) is 0 Å². The highest BCUT2D eigenvalue weighted by Crippen LogP contribution is 2.27. The number of rotatable bonds is 8. The molecule has 0 aromatic heterocycles. The number of hydrogen-bond acceptors (Lipinski definition) is 4. The molecule has 0 saturated heterocycles. The van der Waals surface area contributed by atoms with Crippen molar-refractivity contribution in [2.75, 3.05) is 6.26 Å². The van der Waals surface area contributed by atoms with E-state index in [2.05, 4.69) is 23.1 Å². The molecule has 110 valence electrons. The maximum atomic E-state index is 11.3. The van der Waals surface area contributed by atoms with Crippen LogP contribution in [0.2, 0.25) is 0 Å². The van der Waals surface area contributed by atoms with E-state index in [1.807, 2.05) is 19.1 Å². The minimum Gasteiger partial charge on any atom is -0.490 e. The lowest BCUT2D eigenvalue weighted by atomic mass is 9.90. The highest BCUT2D eigenvalue weighted by Gasteiger charge is 2.30. The van der Waals surface area contributed by atoms with Crippen LogP contribution in [0.25, 0.3) is 0 Å². The number of ketones is 1. The van der Waals surface area contributed by atoms with Gasteiger partial charge < -0.3 is 4.74 Å². The average molecular weight is 293 g/mol. The smallest absolute Gasteiger partial charge is 0.132 e. The quantitative estimate of drug-likeness (QED) is 0.746. The number of carbonyl (C=O) groups excluding carboxylic acids is 1. The van der Waals surface area contributed by atoms with E-state index in [-0.39, 0.29) is 0 Å². The zero-order valence-corrected chi connectivity index (χ0v) is 13.0. The van der Waals surface area contributed by atoms with Crippen molar-refractivity contribution in [2.24, 2.45) is 0 Å². The summed E-state index contributed by atoms with van der Waals surface area (Å²) in [5, 5.41) is 0. The Labute approximate surface area is 125 Å². The number of Topliss-reactive ketones (excluding diaryl/α,β-unsaturated/α-hetero) is 1. The van der Waals surface area contributed by atoms with Crippen molar-refractivity contribution in [3.05, 3.63) is 29.8 Å². The van der Waals surface area contributed by atoms with Crippen LogP contribution < -0.4 is 9.46 Å². The predicted octanol–water partition coefficient (Wildman–Crippen LogP) is 3.38. The summed E-state index contributed by atoms with van der Waals surface area (Å²) < 4.78 is 9.26. The molecule has 1 N–H and O–H groups in total. The third-order valence-corrected chi connectivity index (χ3v) is 4.26. The lowest BCUT2D eigenvalue weighted by Gasteiger charge is -2.35. The molecule has 0 bridgehead atoms. The summed E-state index contributed by atoms with van der Waals surface area (Å²) >= 11 is 1.67. The molecule has 3 nitrogen and oxygen atoms in total. The number of nitrogens with one attached hydrogen (secondary N) is 1. The SMILES string of the molecule is CCC(=O)CCc1ccc(OC2CC(NSC)C2)cc1. The topological polar surface area (TPSA) is 38.3 Å². The van der Waals surface area contributed by atoms with Gasteiger partial charge in [0, 0.05) is 31.7 Å². The number of benzene rings is 1. The second-order valence-corrected chi connectivity index (χ2v) is 5.91. The monoisotopic (exact) mass is 293 g/mol. The molecular formula is C16H23NO2S. The largest absolute Gasteiger partial charge is 0.490 e. The highest BCUT2D eigenvalue weighted by atomic mass is 32.2. The minimum absolute atomic E-state index is 0.326. The normalized spacial score (nSPS) is 21.3.